The highest BCUT2D eigenvalue weighted by Gasteiger charge is 2.14. The molecule has 1 aromatic rings. The van der Waals surface area contributed by atoms with Crippen molar-refractivity contribution in [3.63, 3.8) is 0 Å². The Morgan fingerprint density at radius 2 is 2.12 bits per heavy atom. The molecule has 4 nitrogen and oxygen atoms in total. The average molecular weight is 237 g/mol. The third-order valence-corrected chi connectivity index (χ3v) is 2.10. The molecule has 4 heteroatoms. The van der Waals surface area contributed by atoms with Gasteiger partial charge in [0.25, 0.3) is 0 Å². The summed E-state index contributed by atoms with van der Waals surface area (Å²) in [5, 5.41) is 8.74. The molecule has 3 N–H and O–H groups in total. The standard InChI is InChI=1S/C13H19NO3/c1-13(2,3)17-10-6-4-5-9(7-10)8-11(14)12(15)16/h4-7,11H,8,14H2,1-3H3,(H,15,16)/t11-/m0/s1. The van der Waals surface area contributed by atoms with Crippen molar-refractivity contribution in [3.05, 3.63) is 29.8 Å². The maximum absolute atomic E-state index is 10.7. The maximum atomic E-state index is 10.7. The summed E-state index contributed by atoms with van der Waals surface area (Å²) in [5.41, 5.74) is 6.08. The lowest BCUT2D eigenvalue weighted by molar-refractivity contribution is -0.138. The van der Waals surface area contributed by atoms with Gasteiger partial charge in [-0.2, -0.15) is 0 Å². The van der Waals surface area contributed by atoms with E-state index >= 15 is 0 Å². The van der Waals surface area contributed by atoms with Crippen molar-refractivity contribution in [2.24, 2.45) is 5.73 Å². The Morgan fingerprint density at radius 1 is 1.47 bits per heavy atom. The first kappa shape index (κ1) is 13.5. The molecule has 0 aromatic heterocycles. The lowest BCUT2D eigenvalue weighted by Gasteiger charge is -2.21. The quantitative estimate of drug-likeness (QED) is 0.837. The number of rotatable bonds is 4. The van der Waals surface area contributed by atoms with Crippen molar-refractivity contribution in [2.75, 3.05) is 0 Å². The molecule has 0 saturated heterocycles. The molecule has 0 radical (unpaired) electrons. The Morgan fingerprint density at radius 3 is 2.65 bits per heavy atom. The van der Waals surface area contributed by atoms with Crippen molar-refractivity contribution < 1.29 is 14.6 Å². The normalized spacial score (nSPS) is 13.2. The zero-order valence-electron chi connectivity index (χ0n) is 10.4. The van der Waals surface area contributed by atoms with E-state index in [9.17, 15) is 4.79 Å². The van der Waals surface area contributed by atoms with E-state index in [-0.39, 0.29) is 5.60 Å². The summed E-state index contributed by atoms with van der Waals surface area (Å²) >= 11 is 0. The lowest BCUT2D eigenvalue weighted by atomic mass is 10.1. The number of hydrogen-bond acceptors (Lipinski definition) is 3. The Hall–Kier alpha value is -1.55. The van der Waals surface area contributed by atoms with Crippen molar-refractivity contribution in [1.82, 2.24) is 0 Å². The molecule has 0 fully saturated rings. The number of carboxylic acids is 1. The molecule has 0 aliphatic carbocycles. The minimum absolute atomic E-state index is 0.270. The second-order valence-corrected chi connectivity index (χ2v) is 5.01. The van der Waals surface area contributed by atoms with Crippen molar-refractivity contribution in [3.8, 4) is 5.75 Å². The van der Waals surface area contributed by atoms with Crippen LogP contribution in [0.2, 0.25) is 0 Å². The minimum Gasteiger partial charge on any atom is -0.488 e. The van der Waals surface area contributed by atoms with Gasteiger partial charge >= 0.3 is 5.97 Å². The van der Waals surface area contributed by atoms with Crippen molar-refractivity contribution >= 4 is 5.97 Å². The average Bonchev–Trinajstić information content (AvgIpc) is 2.15. The number of carbonyl (C=O) groups is 1. The Kier molecular flexibility index (Phi) is 4.12. The monoisotopic (exact) mass is 237 g/mol. The molecule has 0 bridgehead atoms. The van der Waals surface area contributed by atoms with E-state index in [1.54, 1.807) is 0 Å². The fourth-order valence-electron chi connectivity index (χ4n) is 1.43. The minimum atomic E-state index is -0.993. The number of ether oxygens (including phenoxy) is 1. The zero-order chi connectivity index (χ0) is 13.1. The van der Waals surface area contributed by atoms with Gasteiger partial charge in [-0.25, -0.2) is 0 Å². The van der Waals surface area contributed by atoms with Gasteiger partial charge in [-0.05, 0) is 44.9 Å². The van der Waals surface area contributed by atoms with Crippen LogP contribution < -0.4 is 10.5 Å². The third-order valence-electron chi connectivity index (χ3n) is 2.10. The van der Waals surface area contributed by atoms with Crippen LogP contribution in [0.5, 0.6) is 5.75 Å². The van der Waals surface area contributed by atoms with Crippen LogP contribution in [0, 0.1) is 0 Å². The van der Waals surface area contributed by atoms with Gasteiger partial charge < -0.3 is 15.6 Å². The van der Waals surface area contributed by atoms with Crippen LogP contribution in [-0.4, -0.2) is 22.7 Å². The highest BCUT2D eigenvalue weighted by atomic mass is 16.5. The smallest absolute Gasteiger partial charge is 0.320 e. The molecule has 1 aromatic carbocycles. The van der Waals surface area contributed by atoms with Gasteiger partial charge in [-0.15, -0.1) is 0 Å². The molecule has 0 aliphatic heterocycles. The van der Waals surface area contributed by atoms with Gasteiger partial charge in [0.2, 0.25) is 0 Å². The fraction of sp³-hybridized carbons (Fsp3) is 0.462. The molecule has 0 amide bonds. The van der Waals surface area contributed by atoms with E-state index in [1.165, 1.54) is 0 Å². The van der Waals surface area contributed by atoms with Crippen LogP contribution in [0.4, 0.5) is 0 Å². The third kappa shape index (κ3) is 4.87. The molecule has 0 heterocycles. The summed E-state index contributed by atoms with van der Waals surface area (Å²) in [4.78, 5) is 10.7. The molecular weight excluding hydrogens is 218 g/mol. The van der Waals surface area contributed by atoms with Gasteiger partial charge in [-0.3, -0.25) is 4.79 Å². The number of nitrogens with two attached hydrogens (primary N) is 1. The lowest BCUT2D eigenvalue weighted by Crippen LogP contribution is -2.32. The van der Waals surface area contributed by atoms with E-state index < -0.39 is 12.0 Å². The van der Waals surface area contributed by atoms with Gasteiger partial charge in [0.1, 0.15) is 17.4 Å². The Labute approximate surface area is 101 Å². The van der Waals surface area contributed by atoms with Crippen molar-refractivity contribution in [1.29, 1.82) is 0 Å². The van der Waals surface area contributed by atoms with Crippen LogP contribution in [-0.2, 0) is 11.2 Å². The second-order valence-electron chi connectivity index (χ2n) is 5.01. The summed E-state index contributed by atoms with van der Waals surface area (Å²) in [6, 6.07) is 6.48. The van der Waals surface area contributed by atoms with Crippen LogP contribution in [0.15, 0.2) is 24.3 Å². The SMILES string of the molecule is CC(C)(C)Oc1cccc(C[C@H](N)C(=O)O)c1. The van der Waals surface area contributed by atoms with E-state index in [1.807, 2.05) is 45.0 Å². The number of aliphatic carboxylic acids is 1. The molecule has 94 valence electrons. The predicted octanol–water partition coefficient (Wildman–Crippen LogP) is 1.82. The van der Waals surface area contributed by atoms with Crippen LogP contribution in [0.1, 0.15) is 26.3 Å². The largest absolute Gasteiger partial charge is 0.488 e. The van der Waals surface area contributed by atoms with E-state index in [2.05, 4.69) is 0 Å². The van der Waals surface area contributed by atoms with E-state index in [4.69, 9.17) is 15.6 Å². The molecule has 0 spiro atoms. The summed E-state index contributed by atoms with van der Waals surface area (Å²) in [6.45, 7) is 5.88. The summed E-state index contributed by atoms with van der Waals surface area (Å²) in [6.07, 6.45) is 0.302. The molecule has 1 rings (SSSR count). The summed E-state index contributed by atoms with van der Waals surface area (Å²) < 4.78 is 5.70. The van der Waals surface area contributed by atoms with Gasteiger partial charge in [0.15, 0.2) is 0 Å². The van der Waals surface area contributed by atoms with Crippen molar-refractivity contribution in [2.45, 2.75) is 38.8 Å². The van der Waals surface area contributed by atoms with E-state index in [0.29, 0.717) is 6.42 Å². The Bertz CT molecular complexity index is 396. The maximum Gasteiger partial charge on any atom is 0.320 e. The molecule has 0 unspecified atom stereocenters. The first-order valence-electron chi connectivity index (χ1n) is 5.54. The van der Waals surface area contributed by atoms with E-state index in [0.717, 1.165) is 11.3 Å². The number of benzene rings is 1. The molecule has 0 aliphatic rings. The Balaban J connectivity index is 2.76. The van der Waals surface area contributed by atoms with Crippen LogP contribution >= 0.6 is 0 Å². The predicted molar refractivity (Wildman–Crippen MR) is 66.1 cm³/mol. The summed E-state index contributed by atoms with van der Waals surface area (Å²) in [5.74, 6) is -0.264. The van der Waals surface area contributed by atoms with Crippen LogP contribution in [0.25, 0.3) is 0 Å². The molecule has 1 atom stereocenters. The number of hydrogen-bond donors (Lipinski definition) is 2. The molecule has 17 heavy (non-hydrogen) atoms. The van der Waals surface area contributed by atoms with Gasteiger partial charge in [0.05, 0.1) is 0 Å². The fourth-order valence-corrected chi connectivity index (χ4v) is 1.43. The first-order chi connectivity index (χ1) is 7.78. The molecular formula is C13H19NO3. The topological polar surface area (TPSA) is 72.5 Å². The van der Waals surface area contributed by atoms with Gasteiger partial charge in [0, 0.05) is 0 Å². The molecule has 0 saturated carbocycles. The second kappa shape index (κ2) is 5.19. The summed E-state index contributed by atoms with van der Waals surface area (Å²) in [7, 11) is 0. The van der Waals surface area contributed by atoms with Gasteiger partial charge in [-0.1, -0.05) is 12.1 Å². The highest BCUT2D eigenvalue weighted by molar-refractivity contribution is 5.73. The first-order valence-corrected chi connectivity index (χ1v) is 5.54. The van der Waals surface area contributed by atoms with Crippen LogP contribution in [0.3, 0.4) is 0 Å². The number of carboxylic acid groups (broad SMARTS) is 1. The zero-order valence-corrected chi connectivity index (χ0v) is 10.4. The highest BCUT2D eigenvalue weighted by Crippen LogP contribution is 2.19.